The van der Waals surface area contributed by atoms with Gasteiger partial charge in [-0.15, -0.1) is 11.3 Å². The summed E-state index contributed by atoms with van der Waals surface area (Å²) in [5.41, 5.74) is 0. The molecule has 0 atom stereocenters. The number of nitrogens with one attached hydrogen (secondary N) is 1. The number of ether oxygens (including phenoxy) is 1. The van der Waals surface area contributed by atoms with Gasteiger partial charge in [-0.25, -0.2) is 9.78 Å². The first-order valence-electron chi connectivity index (χ1n) is 4.57. The van der Waals surface area contributed by atoms with Gasteiger partial charge in [0.15, 0.2) is 5.82 Å². The average molecular weight is 222 g/mol. The van der Waals surface area contributed by atoms with Crippen LogP contribution in [0, 0.1) is 0 Å². The summed E-state index contributed by atoms with van der Waals surface area (Å²) in [6.45, 7) is 2.12. The minimum atomic E-state index is -0.467. The van der Waals surface area contributed by atoms with Crippen LogP contribution < -0.4 is 5.32 Å². The molecule has 0 spiro atoms. The summed E-state index contributed by atoms with van der Waals surface area (Å²) in [7, 11) is 0. The largest absolute Gasteiger partial charge is 0.450 e. The van der Waals surface area contributed by atoms with Crippen molar-refractivity contribution in [1.82, 2.24) is 4.98 Å². The highest BCUT2D eigenvalue weighted by Crippen LogP contribution is 2.26. The summed E-state index contributed by atoms with van der Waals surface area (Å²) in [6, 6.07) is 3.89. The fourth-order valence-electron chi connectivity index (χ4n) is 1.25. The molecule has 0 saturated carbocycles. The van der Waals surface area contributed by atoms with Crippen LogP contribution in [0.25, 0.3) is 10.1 Å². The predicted molar refractivity (Wildman–Crippen MR) is 60.3 cm³/mol. The fourth-order valence-corrected chi connectivity index (χ4v) is 2.08. The molecule has 2 aromatic rings. The Labute approximate surface area is 90.9 Å². The third-order valence-corrected chi connectivity index (χ3v) is 2.80. The molecule has 1 N–H and O–H groups in total. The molecule has 5 heteroatoms. The Kier molecular flexibility index (Phi) is 2.82. The second-order valence-electron chi connectivity index (χ2n) is 2.84. The van der Waals surface area contributed by atoms with Crippen LogP contribution in [-0.2, 0) is 4.74 Å². The maximum atomic E-state index is 11.2. The molecule has 2 heterocycles. The first-order chi connectivity index (χ1) is 7.31. The topological polar surface area (TPSA) is 51.2 Å². The van der Waals surface area contributed by atoms with Crippen LogP contribution in [0.2, 0.25) is 0 Å². The summed E-state index contributed by atoms with van der Waals surface area (Å²) < 4.78 is 5.75. The number of nitrogens with zero attached hydrogens (tertiary/aromatic N) is 1. The summed E-state index contributed by atoms with van der Waals surface area (Å²) in [5, 5.41) is 5.64. The van der Waals surface area contributed by atoms with Crippen molar-refractivity contribution in [3.8, 4) is 0 Å². The Morgan fingerprint density at radius 2 is 2.47 bits per heavy atom. The predicted octanol–water partition coefficient (Wildman–Crippen LogP) is 2.86. The van der Waals surface area contributed by atoms with E-state index in [0.717, 1.165) is 10.1 Å². The van der Waals surface area contributed by atoms with Crippen molar-refractivity contribution in [2.24, 2.45) is 0 Å². The molecule has 78 valence electrons. The van der Waals surface area contributed by atoms with E-state index in [4.69, 9.17) is 4.74 Å². The minimum absolute atomic E-state index is 0.353. The highest BCUT2D eigenvalue weighted by Gasteiger charge is 2.07. The number of hydrogen-bond acceptors (Lipinski definition) is 4. The SMILES string of the molecule is CCOC(=O)Nc1nccc2ccsc12. The molecule has 0 fully saturated rings. The van der Waals surface area contributed by atoms with Crippen molar-refractivity contribution < 1.29 is 9.53 Å². The molecule has 2 aromatic heterocycles. The van der Waals surface area contributed by atoms with E-state index in [2.05, 4.69) is 10.3 Å². The Balaban J connectivity index is 2.27. The van der Waals surface area contributed by atoms with Crippen LogP contribution >= 0.6 is 11.3 Å². The van der Waals surface area contributed by atoms with Gasteiger partial charge in [0, 0.05) is 6.20 Å². The molecule has 15 heavy (non-hydrogen) atoms. The van der Waals surface area contributed by atoms with Crippen LogP contribution in [-0.4, -0.2) is 17.7 Å². The molecule has 0 bridgehead atoms. The number of anilines is 1. The second kappa shape index (κ2) is 4.27. The minimum Gasteiger partial charge on any atom is -0.450 e. The number of fused-ring (bicyclic) bond motifs is 1. The summed E-state index contributed by atoms with van der Waals surface area (Å²) >= 11 is 1.54. The Hall–Kier alpha value is -1.62. The lowest BCUT2D eigenvalue weighted by molar-refractivity contribution is 0.168. The normalized spacial score (nSPS) is 10.2. The van der Waals surface area contributed by atoms with E-state index in [1.807, 2.05) is 17.5 Å². The lowest BCUT2D eigenvalue weighted by Crippen LogP contribution is -2.14. The monoisotopic (exact) mass is 222 g/mol. The van der Waals surface area contributed by atoms with E-state index >= 15 is 0 Å². The third-order valence-electron chi connectivity index (χ3n) is 1.86. The Morgan fingerprint density at radius 3 is 3.27 bits per heavy atom. The maximum Gasteiger partial charge on any atom is 0.412 e. The number of pyridine rings is 1. The van der Waals surface area contributed by atoms with Crippen LogP contribution in [0.5, 0.6) is 0 Å². The van der Waals surface area contributed by atoms with Crippen LogP contribution in [0.3, 0.4) is 0 Å². The van der Waals surface area contributed by atoms with Gasteiger partial charge in [0.1, 0.15) is 0 Å². The summed E-state index contributed by atoms with van der Waals surface area (Å²) in [6.07, 6.45) is 1.20. The number of hydrogen-bond donors (Lipinski definition) is 1. The van der Waals surface area contributed by atoms with E-state index in [1.165, 1.54) is 0 Å². The lowest BCUT2D eigenvalue weighted by atomic mass is 10.3. The molecular weight excluding hydrogens is 212 g/mol. The third kappa shape index (κ3) is 2.07. The molecule has 1 amide bonds. The number of amides is 1. The maximum absolute atomic E-state index is 11.2. The van der Waals surface area contributed by atoms with Crippen LogP contribution in [0.1, 0.15) is 6.92 Å². The number of carbonyl (C=O) groups excluding carboxylic acids is 1. The molecule has 0 saturated heterocycles. The molecule has 0 aliphatic rings. The summed E-state index contributed by atoms with van der Waals surface area (Å²) in [5.74, 6) is 0.556. The van der Waals surface area contributed by atoms with Crippen molar-refractivity contribution >= 4 is 33.3 Å². The quantitative estimate of drug-likeness (QED) is 0.850. The van der Waals surface area contributed by atoms with Gasteiger partial charge < -0.3 is 4.74 Å². The van der Waals surface area contributed by atoms with Crippen molar-refractivity contribution in [1.29, 1.82) is 0 Å². The first-order valence-corrected chi connectivity index (χ1v) is 5.45. The zero-order chi connectivity index (χ0) is 10.7. The standard InChI is InChI=1S/C10H10N2O2S/c1-2-14-10(13)12-9-8-7(3-5-11-9)4-6-15-8/h3-6H,2H2,1H3,(H,11,12,13). The molecule has 0 radical (unpaired) electrons. The average Bonchev–Trinajstić information content (AvgIpc) is 2.67. The van der Waals surface area contributed by atoms with Crippen LogP contribution in [0.15, 0.2) is 23.7 Å². The van der Waals surface area contributed by atoms with Gasteiger partial charge in [-0.05, 0) is 29.8 Å². The van der Waals surface area contributed by atoms with Gasteiger partial charge in [-0.1, -0.05) is 0 Å². The van der Waals surface area contributed by atoms with Crippen molar-refractivity contribution in [3.05, 3.63) is 23.7 Å². The Bertz CT molecular complexity index is 481. The van der Waals surface area contributed by atoms with Gasteiger partial charge >= 0.3 is 6.09 Å². The first kappa shape index (κ1) is 9.92. The van der Waals surface area contributed by atoms with E-state index in [0.29, 0.717) is 12.4 Å². The van der Waals surface area contributed by atoms with Gasteiger partial charge in [0.25, 0.3) is 0 Å². The zero-order valence-electron chi connectivity index (χ0n) is 8.19. The number of carbonyl (C=O) groups is 1. The van der Waals surface area contributed by atoms with E-state index in [1.54, 1.807) is 24.5 Å². The van der Waals surface area contributed by atoms with Crippen molar-refractivity contribution in [2.75, 3.05) is 11.9 Å². The highest BCUT2D eigenvalue weighted by atomic mass is 32.1. The van der Waals surface area contributed by atoms with Gasteiger partial charge in [-0.2, -0.15) is 0 Å². The van der Waals surface area contributed by atoms with Crippen LogP contribution in [0.4, 0.5) is 10.6 Å². The van der Waals surface area contributed by atoms with E-state index in [-0.39, 0.29) is 0 Å². The van der Waals surface area contributed by atoms with Gasteiger partial charge in [0.05, 0.1) is 11.3 Å². The molecule has 2 rings (SSSR count). The Morgan fingerprint density at radius 1 is 1.60 bits per heavy atom. The molecule has 0 unspecified atom stereocenters. The highest BCUT2D eigenvalue weighted by molar-refractivity contribution is 7.17. The molecule has 4 nitrogen and oxygen atoms in total. The fraction of sp³-hybridized carbons (Fsp3) is 0.200. The lowest BCUT2D eigenvalue weighted by Gasteiger charge is -2.04. The molecule has 0 aromatic carbocycles. The number of aromatic nitrogens is 1. The van der Waals surface area contributed by atoms with Gasteiger partial charge in [-0.3, -0.25) is 5.32 Å². The van der Waals surface area contributed by atoms with E-state index in [9.17, 15) is 4.79 Å². The molecule has 0 aliphatic carbocycles. The summed E-state index contributed by atoms with van der Waals surface area (Å²) in [4.78, 5) is 15.3. The second-order valence-corrected chi connectivity index (χ2v) is 3.76. The zero-order valence-corrected chi connectivity index (χ0v) is 9.00. The number of rotatable bonds is 2. The smallest absolute Gasteiger partial charge is 0.412 e. The van der Waals surface area contributed by atoms with Crippen molar-refractivity contribution in [3.63, 3.8) is 0 Å². The molecular formula is C10H10N2O2S. The van der Waals surface area contributed by atoms with Gasteiger partial charge in [0.2, 0.25) is 0 Å². The van der Waals surface area contributed by atoms with E-state index < -0.39 is 6.09 Å². The van der Waals surface area contributed by atoms with Crippen molar-refractivity contribution in [2.45, 2.75) is 6.92 Å². The number of thiophene rings is 1. The molecule has 0 aliphatic heterocycles.